The number of sulfonamides is 1. The Balaban J connectivity index is 1.37. The highest BCUT2D eigenvalue weighted by atomic mass is 32.2. The molecular formula is C25H33N5O5S. The Morgan fingerprint density at radius 3 is 2.53 bits per heavy atom. The highest BCUT2D eigenvalue weighted by molar-refractivity contribution is 7.89. The quantitative estimate of drug-likeness (QED) is 0.444. The summed E-state index contributed by atoms with van der Waals surface area (Å²) < 4.78 is 35.4. The minimum Gasteiger partial charge on any atom is -0.462 e. The Hall–Kier alpha value is -3.18. The smallest absolute Gasteiger partial charge is 0.341 e. The van der Waals surface area contributed by atoms with Gasteiger partial charge in [0.1, 0.15) is 16.3 Å². The second-order valence-electron chi connectivity index (χ2n) is 9.07. The highest BCUT2D eigenvalue weighted by Gasteiger charge is 2.38. The fraction of sp³-hybridized carbons (Fsp3) is 0.480. The van der Waals surface area contributed by atoms with Crippen LogP contribution >= 0.6 is 0 Å². The number of piperidine rings is 1. The second-order valence-corrected chi connectivity index (χ2v) is 10.9. The van der Waals surface area contributed by atoms with E-state index in [1.165, 1.54) is 4.31 Å². The van der Waals surface area contributed by atoms with Gasteiger partial charge in [0.15, 0.2) is 0 Å². The molecule has 1 fully saturated rings. The molecule has 10 nitrogen and oxygen atoms in total. The summed E-state index contributed by atoms with van der Waals surface area (Å²) in [5.41, 5.74) is 2.97. The fourth-order valence-electron chi connectivity index (χ4n) is 4.74. The van der Waals surface area contributed by atoms with E-state index < -0.39 is 16.0 Å². The highest BCUT2D eigenvalue weighted by Crippen LogP contribution is 2.32. The van der Waals surface area contributed by atoms with Gasteiger partial charge < -0.3 is 19.6 Å². The molecule has 1 saturated heterocycles. The Labute approximate surface area is 211 Å². The van der Waals surface area contributed by atoms with Crippen LogP contribution in [-0.4, -0.2) is 65.4 Å². The van der Waals surface area contributed by atoms with Gasteiger partial charge in [0.05, 0.1) is 17.6 Å². The number of para-hydroxylation sites is 2. The zero-order valence-corrected chi connectivity index (χ0v) is 21.9. The van der Waals surface area contributed by atoms with Crippen molar-refractivity contribution in [3.8, 4) is 0 Å². The third kappa shape index (κ3) is 4.90. The number of carbonyl (C=O) groups excluding carboxylic acids is 2. The Kier molecular flexibility index (Phi) is 7.51. The lowest BCUT2D eigenvalue weighted by Gasteiger charge is -2.30. The first-order valence-electron chi connectivity index (χ1n) is 12.2. The molecule has 1 aromatic carbocycles. The summed E-state index contributed by atoms with van der Waals surface area (Å²) in [6, 6.07) is 7.76. The van der Waals surface area contributed by atoms with Crippen LogP contribution in [0.1, 0.15) is 47.3 Å². The van der Waals surface area contributed by atoms with E-state index in [-0.39, 0.29) is 42.0 Å². The Morgan fingerprint density at radius 1 is 1.17 bits per heavy atom. The van der Waals surface area contributed by atoms with Crippen LogP contribution in [0.25, 0.3) is 11.0 Å². The zero-order chi connectivity index (χ0) is 26.0. The van der Waals surface area contributed by atoms with E-state index in [1.54, 1.807) is 32.4 Å². The van der Waals surface area contributed by atoms with Crippen molar-refractivity contribution in [1.29, 1.82) is 0 Å². The largest absolute Gasteiger partial charge is 0.462 e. The van der Waals surface area contributed by atoms with E-state index >= 15 is 0 Å². The van der Waals surface area contributed by atoms with Crippen LogP contribution in [-0.2, 0) is 33.0 Å². The van der Waals surface area contributed by atoms with Crippen molar-refractivity contribution in [3.63, 3.8) is 0 Å². The Bertz CT molecular complexity index is 1350. The molecule has 0 atom stereocenters. The first-order chi connectivity index (χ1) is 17.1. The number of carbonyl (C=O) groups is 2. The molecule has 1 aliphatic rings. The molecule has 0 bridgehead atoms. The van der Waals surface area contributed by atoms with E-state index in [1.807, 2.05) is 24.3 Å². The van der Waals surface area contributed by atoms with Crippen molar-refractivity contribution in [2.45, 2.75) is 44.9 Å². The van der Waals surface area contributed by atoms with Gasteiger partial charge in [-0.05, 0) is 45.7 Å². The van der Waals surface area contributed by atoms with Crippen LogP contribution in [0.5, 0.6) is 0 Å². The number of aromatic nitrogens is 3. The number of benzene rings is 1. The average Bonchev–Trinajstić information content (AvgIpc) is 3.38. The van der Waals surface area contributed by atoms with E-state index in [2.05, 4.69) is 15.3 Å². The van der Waals surface area contributed by atoms with Gasteiger partial charge >= 0.3 is 5.97 Å². The van der Waals surface area contributed by atoms with E-state index in [0.717, 1.165) is 16.9 Å². The van der Waals surface area contributed by atoms with Gasteiger partial charge in [-0.1, -0.05) is 12.1 Å². The van der Waals surface area contributed by atoms with E-state index in [0.29, 0.717) is 37.2 Å². The molecule has 0 radical (unpaired) electrons. The minimum atomic E-state index is -3.94. The number of aromatic amines is 1. The number of H-pyrrole nitrogens is 1. The molecule has 3 heterocycles. The van der Waals surface area contributed by atoms with E-state index in [9.17, 15) is 18.0 Å². The van der Waals surface area contributed by atoms with Crippen molar-refractivity contribution < 1.29 is 22.7 Å². The monoisotopic (exact) mass is 515 g/mol. The zero-order valence-electron chi connectivity index (χ0n) is 21.1. The van der Waals surface area contributed by atoms with Crippen LogP contribution in [0.2, 0.25) is 0 Å². The third-order valence-corrected chi connectivity index (χ3v) is 8.99. The number of imidazole rings is 1. The molecule has 2 aromatic heterocycles. The van der Waals surface area contributed by atoms with Crippen molar-refractivity contribution in [1.82, 2.24) is 24.2 Å². The lowest BCUT2D eigenvalue weighted by atomic mass is 9.97. The number of hydrogen-bond acceptors (Lipinski definition) is 6. The van der Waals surface area contributed by atoms with Crippen LogP contribution in [0.3, 0.4) is 0 Å². The molecule has 11 heteroatoms. The first kappa shape index (κ1) is 25.9. The van der Waals surface area contributed by atoms with Crippen molar-refractivity contribution in [2.24, 2.45) is 13.0 Å². The van der Waals surface area contributed by atoms with Crippen molar-refractivity contribution in [2.75, 3.05) is 26.2 Å². The van der Waals surface area contributed by atoms with E-state index in [4.69, 9.17) is 4.74 Å². The third-order valence-electron chi connectivity index (χ3n) is 6.93. The topological polar surface area (TPSA) is 126 Å². The summed E-state index contributed by atoms with van der Waals surface area (Å²) in [5, 5.41) is 2.96. The molecule has 1 aliphatic heterocycles. The summed E-state index contributed by atoms with van der Waals surface area (Å²) in [6.07, 6.45) is 1.40. The molecule has 194 valence electrons. The normalized spacial score (nSPS) is 15.3. The number of rotatable bonds is 8. The van der Waals surface area contributed by atoms with Gasteiger partial charge in [-0.15, -0.1) is 0 Å². The van der Waals surface area contributed by atoms with Gasteiger partial charge in [0.2, 0.25) is 15.9 Å². The van der Waals surface area contributed by atoms with Gasteiger partial charge in [0, 0.05) is 50.4 Å². The summed E-state index contributed by atoms with van der Waals surface area (Å²) in [7, 11) is -2.21. The number of hydrogen-bond donors (Lipinski definition) is 2. The maximum Gasteiger partial charge on any atom is 0.341 e. The predicted octanol–water partition coefficient (Wildman–Crippen LogP) is 2.45. The maximum absolute atomic E-state index is 13.6. The van der Waals surface area contributed by atoms with Gasteiger partial charge in [-0.2, -0.15) is 4.31 Å². The van der Waals surface area contributed by atoms with Crippen molar-refractivity contribution in [3.05, 3.63) is 47.0 Å². The van der Waals surface area contributed by atoms with Crippen LogP contribution in [0.4, 0.5) is 0 Å². The summed E-state index contributed by atoms with van der Waals surface area (Å²) in [5.74, 6) is -0.184. The fourth-order valence-corrected chi connectivity index (χ4v) is 6.68. The second kappa shape index (κ2) is 10.4. The number of ether oxygens (including phenoxy) is 1. The van der Waals surface area contributed by atoms with Crippen molar-refractivity contribution >= 4 is 32.9 Å². The lowest BCUT2D eigenvalue weighted by molar-refractivity contribution is -0.126. The van der Waals surface area contributed by atoms with Gasteiger partial charge in [-0.3, -0.25) is 4.79 Å². The average molecular weight is 516 g/mol. The molecular weight excluding hydrogens is 482 g/mol. The summed E-state index contributed by atoms with van der Waals surface area (Å²) >= 11 is 0. The molecule has 0 saturated carbocycles. The van der Waals surface area contributed by atoms with Gasteiger partial charge in [-0.25, -0.2) is 18.2 Å². The predicted molar refractivity (Wildman–Crippen MR) is 135 cm³/mol. The number of fused-ring (bicyclic) bond motifs is 1. The molecule has 36 heavy (non-hydrogen) atoms. The van der Waals surface area contributed by atoms with Crippen LogP contribution in [0.15, 0.2) is 29.2 Å². The maximum atomic E-state index is 13.6. The number of amides is 1. The summed E-state index contributed by atoms with van der Waals surface area (Å²) in [4.78, 5) is 33.1. The first-order valence-corrected chi connectivity index (χ1v) is 13.6. The number of esters is 1. The molecule has 4 rings (SSSR count). The number of nitrogens with one attached hydrogen (secondary N) is 2. The SMILES string of the molecule is CCOC(=O)c1c(S(=O)(=O)N2CCC(C(=O)NCCc3nc4ccccc4[nH]3)CC2)c(C)n(C)c1C. The molecule has 0 unspecified atom stereocenters. The molecule has 1 amide bonds. The summed E-state index contributed by atoms with van der Waals surface area (Å²) in [6.45, 7) is 6.10. The molecule has 3 aromatic rings. The van der Waals surface area contributed by atoms with Crippen LogP contribution < -0.4 is 5.32 Å². The molecule has 0 aliphatic carbocycles. The molecule has 0 spiro atoms. The minimum absolute atomic E-state index is 0.00492. The molecule has 2 N–H and O–H groups in total. The van der Waals surface area contributed by atoms with Gasteiger partial charge in [0.25, 0.3) is 0 Å². The Morgan fingerprint density at radius 2 is 1.86 bits per heavy atom. The van der Waals surface area contributed by atoms with Crippen LogP contribution in [0, 0.1) is 19.8 Å². The number of nitrogens with zero attached hydrogens (tertiary/aromatic N) is 3. The lowest BCUT2D eigenvalue weighted by Crippen LogP contribution is -2.43. The standard InChI is InChI=1S/C25H33N5O5S/c1-5-35-25(32)22-16(2)29(4)17(3)23(22)36(33,34)30-14-11-18(12-15-30)24(31)26-13-10-21-27-19-8-6-7-9-20(19)28-21/h6-9,18H,5,10-15H2,1-4H3,(H,26,31)(H,27,28).